The van der Waals surface area contributed by atoms with Crippen LogP contribution in [0.3, 0.4) is 0 Å². The number of carbonyl (C=O) groups excluding carboxylic acids is 1. The second-order valence-electron chi connectivity index (χ2n) is 5.30. The predicted octanol–water partition coefficient (Wildman–Crippen LogP) is 2.52. The third kappa shape index (κ3) is 5.20. The van der Waals surface area contributed by atoms with E-state index < -0.39 is 29.3 Å². The molecule has 0 bridgehead atoms. The minimum absolute atomic E-state index is 0.247. The first-order chi connectivity index (χ1) is 10.3. The fourth-order valence-corrected chi connectivity index (χ4v) is 1.72. The highest BCUT2D eigenvalue weighted by Gasteiger charge is 2.33. The van der Waals surface area contributed by atoms with E-state index in [0.717, 1.165) is 0 Å². The number of allylic oxidation sites excluding steroid dienone is 1. The van der Waals surface area contributed by atoms with Gasteiger partial charge in [0.05, 0.1) is 0 Å². The van der Waals surface area contributed by atoms with Gasteiger partial charge in [-0.15, -0.1) is 6.58 Å². The zero-order valence-corrected chi connectivity index (χ0v) is 12.6. The number of hydrogen-bond acceptors (Lipinski definition) is 3. The van der Waals surface area contributed by atoms with Crippen molar-refractivity contribution in [2.75, 3.05) is 0 Å². The van der Waals surface area contributed by atoms with Gasteiger partial charge in [0, 0.05) is 0 Å². The molecule has 1 rings (SSSR count). The van der Waals surface area contributed by atoms with Gasteiger partial charge in [-0.05, 0) is 51.0 Å². The maximum absolute atomic E-state index is 12.8. The van der Waals surface area contributed by atoms with Gasteiger partial charge in [-0.3, -0.25) is 4.79 Å². The normalized spacial score (nSPS) is 12.3. The molecule has 0 fully saturated rings. The maximum Gasteiger partial charge on any atom is 0.326 e. The van der Waals surface area contributed by atoms with E-state index >= 15 is 0 Å². The van der Waals surface area contributed by atoms with Crippen LogP contribution in [0.1, 0.15) is 26.7 Å². The van der Waals surface area contributed by atoms with Crippen molar-refractivity contribution in [1.82, 2.24) is 5.32 Å². The standard InChI is InChI=1S/C16H20FNO4/c1-4-5-6-13(14(19)20)18-15(21)16(2,3)22-12-9-7-11(17)8-10-12/h4,7-10,13H,1,5-6H2,2-3H3,(H,18,21)(H,19,20). The Morgan fingerprint density at radius 1 is 1.41 bits per heavy atom. The van der Waals surface area contributed by atoms with E-state index in [1.165, 1.54) is 38.1 Å². The molecule has 1 unspecified atom stereocenters. The third-order valence-corrected chi connectivity index (χ3v) is 3.00. The highest BCUT2D eigenvalue weighted by atomic mass is 19.1. The fraction of sp³-hybridized carbons (Fsp3) is 0.375. The summed E-state index contributed by atoms with van der Waals surface area (Å²) in [7, 11) is 0. The second-order valence-corrected chi connectivity index (χ2v) is 5.30. The molecule has 2 N–H and O–H groups in total. The van der Waals surface area contributed by atoms with Crippen molar-refractivity contribution in [3.05, 3.63) is 42.7 Å². The molecule has 1 aromatic carbocycles. The quantitative estimate of drug-likeness (QED) is 0.724. The van der Waals surface area contributed by atoms with Gasteiger partial charge in [0.1, 0.15) is 17.6 Å². The number of hydrogen-bond donors (Lipinski definition) is 2. The Bertz CT molecular complexity index is 540. The van der Waals surface area contributed by atoms with Gasteiger partial charge in [0.2, 0.25) is 0 Å². The van der Waals surface area contributed by atoms with E-state index in [4.69, 9.17) is 9.84 Å². The van der Waals surface area contributed by atoms with Gasteiger partial charge >= 0.3 is 5.97 Å². The van der Waals surface area contributed by atoms with Crippen LogP contribution in [0.15, 0.2) is 36.9 Å². The minimum Gasteiger partial charge on any atom is -0.480 e. The summed E-state index contributed by atoms with van der Waals surface area (Å²) in [5.74, 6) is -1.77. The van der Waals surface area contributed by atoms with Gasteiger partial charge in [-0.25, -0.2) is 9.18 Å². The Labute approximate surface area is 128 Å². The van der Waals surface area contributed by atoms with Crippen LogP contribution in [0, 0.1) is 5.82 Å². The molecular weight excluding hydrogens is 289 g/mol. The molecule has 120 valence electrons. The number of amides is 1. The van der Waals surface area contributed by atoms with E-state index in [2.05, 4.69) is 11.9 Å². The number of benzene rings is 1. The van der Waals surface area contributed by atoms with Crippen LogP contribution in [0.4, 0.5) is 4.39 Å². The van der Waals surface area contributed by atoms with Crippen molar-refractivity contribution in [2.45, 2.75) is 38.3 Å². The summed E-state index contributed by atoms with van der Waals surface area (Å²) in [6, 6.07) is 4.22. The summed E-state index contributed by atoms with van der Waals surface area (Å²) in [6.45, 7) is 6.55. The van der Waals surface area contributed by atoms with Crippen molar-refractivity contribution in [3.63, 3.8) is 0 Å². The van der Waals surface area contributed by atoms with Gasteiger partial charge in [0.25, 0.3) is 5.91 Å². The van der Waals surface area contributed by atoms with Crippen molar-refractivity contribution < 1.29 is 23.8 Å². The molecule has 0 aliphatic carbocycles. The van der Waals surface area contributed by atoms with Crippen LogP contribution in [0.5, 0.6) is 5.75 Å². The largest absolute Gasteiger partial charge is 0.480 e. The lowest BCUT2D eigenvalue weighted by molar-refractivity contribution is -0.145. The molecule has 0 radical (unpaired) electrons. The van der Waals surface area contributed by atoms with Gasteiger partial charge in [-0.1, -0.05) is 6.08 Å². The zero-order valence-electron chi connectivity index (χ0n) is 12.6. The van der Waals surface area contributed by atoms with Crippen LogP contribution >= 0.6 is 0 Å². The molecule has 0 saturated carbocycles. The van der Waals surface area contributed by atoms with Crippen molar-refractivity contribution in [1.29, 1.82) is 0 Å². The summed E-state index contributed by atoms with van der Waals surface area (Å²) in [5, 5.41) is 11.5. The Kier molecular flexibility index (Phi) is 6.10. The number of carboxylic acid groups (broad SMARTS) is 1. The first kappa shape index (κ1) is 17.7. The summed E-state index contributed by atoms with van der Waals surface area (Å²) in [4.78, 5) is 23.3. The molecule has 0 saturated heterocycles. The van der Waals surface area contributed by atoms with E-state index in [0.29, 0.717) is 12.2 Å². The molecule has 1 amide bonds. The number of aliphatic carboxylic acids is 1. The second kappa shape index (κ2) is 7.59. The minimum atomic E-state index is -1.29. The number of rotatable bonds is 8. The lowest BCUT2D eigenvalue weighted by atomic mass is 10.1. The first-order valence-electron chi connectivity index (χ1n) is 6.85. The SMILES string of the molecule is C=CCCC(NC(=O)C(C)(C)Oc1ccc(F)cc1)C(=O)O. The number of carbonyl (C=O) groups is 2. The van der Waals surface area contributed by atoms with E-state index in [-0.39, 0.29) is 6.42 Å². The van der Waals surface area contributed by atoms with Gasteiger partial charge in [-0.2, -0.15) is 0 Å². The highest BCUT2D eigenvalue weighted by molar-refractivity contribution is 5.89. The summed E-state index contributed by atoms with van der Waals surface area (Å²) in [6.07, 6.45) is 2.30. The summed E-state index contributed by atoms with van der Waals surface area (Å²) >= 11 is 0. The van der Waals surface area contributed by atoms with E-state index in [1.807, 2.05) is 0 Å². The number of ether oxygens (including phenoxy) is 1. The smallest absolute Gasteiger partial charge is 0.326 e. The molecule has 5 nitrogen and oxygen atoms in total. The Morgan fingerprint density at radius 2 is 2.00 bits per heavy atom. The zero-order chi connectivity index (χ0) is 16.8. The maximum atomic E-state index is 12.8. The molecule has 0 heterocycles. The van der Waals surface area contributed by atoms with Gasteiger partial charge < -0.3 is 15.2 Å². The molecule has 1 aromatic rings. The Hall–Kier alpha value is -2.37. The summed E-state index contributed by atoms with van der Waals surface area (Å²) < 4.78 is 18.4. The topological polar surface area (TPSA) is 75.6 Å². The molecule has 1 atom stereocenters. The third-order valence-electron chi connectivity index (χ3n) is 3.00. The van der Waals surface area contributed by atoms with Crippen LogP contribution in [0.2, 0.25) is 0 Å². The molecule has 0 aromatic heterocycles. The monoisotopic (exact) mass is 309 g/mol. The first-order valence-corrected chi connectivity index (χ1v) is 6.85. The Balaban J connectivity index is 2.73. The number of halogens is 1. The van der Waals surface area contributed by atoms with Crippen molar-refractivity contribution in [3.8, 4) is 5.75 Å². The molecule has 0 aliphatic heterocycles. The molecule has 0 spiro atoms. The lowest BCUT2D eigenvalue weighted by Crippen LogP contribution is -2.52. The number of nitrogens with one attached hydrogen (secondary N) is 1. The van der Waals surface area contributed by atoms with Crippen molar-refractivity contribution >= 4 is 11.9 Å². The van der Waals surface area contributed by atoms with Crippen molar-refractivity contribution in [2.24, 2.45) is 0 Å². The van der Waals surface area contributed by atoms with E-state index in [1.54, 1.807) is 6.08 Å². The van der Waals surface area contributed by atoms with E-state index in [9.17, 15) is 14.0 Å². The number of carboxylic acids is 1. The molecule has 0 aliphatic rings. The van der Waals surface area contributed by atoms with Crippen LogP contribution < -0.4 is 10.1 Å². The van der Waals surface area contributed by atoms with Crippen LogP contribution in [0.25, 0.3) is 0 Å². The molecule has 22 heavy (non-hydrogen) atoms. The average molecular weight is 309 g/mol. The fourth-order valence-electron chi connectivity index (χ4n) is 1.72. The molecular formula is C16H20FNO4. The average Bonchev–Trinajstić information content (AvgIpc) is 2.45. The van der Waals surface area contributed by atoms with Crippen LogP contribution in [-0.4, -0.2) is 28.6 Å². The summed E-state index contributed by atoms with van der Waals surface area (Å²) in [5.41, 5.74) is -1.29. The lowest BCUT2D eigenvalue weighted by Gasteiger charge is -2.27. The highest BCUT2D eigenvalue weighted by Crippen LogP contribution is 2.19. The van der Waals surface area contributed by atoms with Gasteiger partial charge in [0.15, 0.2) is 5.60 Å². The Morgan fingerprint density at radius 3 is 2.50 bits per heavy atom. The predicted molar refractivity (Wildman–Crippen MR) is 80.1 cm³/mol. The van der Waals surface area contributed by atoms with Crippen LogP contribution in [-0.2, 0) is 9.59 Å². The molecule has 6 heteroatoms.